The monoisotopic (exact) mass is 203 g/mol. The zero-order valence-corrected chi connectivity index (χ0v) is 9.07. The van der Waals surface area contributed by atoms with Crippen molar-refractivity contribution in [2.24, 2.45) is 11.7 Å². The van der Waals surface area contributed by atoms with Crippen molar-refractivity contribution in [3.8, 4) is 0 Å². The highest BCUT2D eigenvalue weighted by Crippen LogP contribution is 2.29. The van der Waals surface area contributed by atoms with Gasteiger partial charge in [0.05, 0.1) is 0 Å². The molecular formula is C13H17NO. The number of nitrogens with two attached hydrogens (primary N) is 1. The molecule has 0 radical (unpaired) electrons. The molecule has 1 aromatic rings. The van der Waals surface area contributed by atoms with Gasteiger partial charge in [-0.25, -0.2) is 0 Å². The average Bonchev–Trinajstić information content (AvgIpc) is 2.24. The molecule has 2 rings (SSSR count). The first-order valence-electron chi connectivity index (χ1n) is 5.59. The number of aryl methyl sites for hydroxylation is 1. The van der Waals surface area contributed by atoms with Gasteiger partial charge < -0.3 is 5.73 Å². The number of Topliss-reactive ketones (excluding diaryl/α,β-unsaturated/α-hetero) is 1. The summed E-state index contributed by atoms with van der Waals surface area (Å²) in [7, 11) is 0. The van der Waals surface area contributed by atoms with Crippen LogP contribution in [0.3, 0.4) is 0 Å². The summed E-state index contributed by atoms with van der Waals surface area (Å²) in [5.74, 6) is 0.437. The minimum Gasteiger partial charge on any atom is -0.328 e. The maximum Gasteiger partial charge on any atom is 0.166 e. The van der Waals surface area contributed by atoms with Crippen molar-refractivity contribution in [2.45, 2.75) is 32.2 Å². The van der Waals surface area contributed by atoms with Crippen molar-refractivity contribution in [3.63, 3.8) is 0 Å². The van der Waals surface area contributed by atoms with Gasteiger partial charge >= 0.3 is 0 Å². The number of ketones is 1. The number of benzene rings is 1. The van der Waals surface area contributed by atoms with E-state index in [4.69, 9.17) is 5.73 Å². The zero-order chi connectivity index (χ0) is 10.8. The van der Waals surface area contributed by atoms with Crippen molar-refractivity contribution in [2.75, 3.05) is 0 Å². The molecule has 1 aliphatic rings. The lowest BCUT2D eigenvalue weighted by Gasteiger charge is -2.31. The van der Waals surface area contributed by atoms with Gasteiger partial charge in [-0.1, -0.05) is 31.2 Å². The van der Waals surface area contributed by atoms with Crippen LogP contribution in [0.5, 0.6) is 0 Å². The summed E-state index contributed by atoms with van der Waals surface area (Å²) in [6, 6.07) is 8.18. The second-order valence-electron chi connectivity index (χ2n) is 4.34. The minimum atomic E-state index is 0.174. The van der Waals surface area contributed by atoms with Gasteiger partial charge in [-0.3, -0.25) is 4.79 Å². The topological polar surface area (TPSA) is 43.1 Å². The van der Waals surface area contributed by atoms with Gasteiger partial charge in [0.25, 0.3) is 0 Å². The van der Waals surface area contributed by atoms with Gasteiger partial charge in [0.1, 0.15) is 0 Å². The van der Waals surface area contributed by atoms with E-state index < -0.39 is 0 Å². The van der Waals surface area contributed by atoms with E-state index in [1.54, 1.807) is 0 Å². The molecule has 2 nitrogen and oxygen atoms in total. The molecule has 0 spiro atoms. The summed E-state index contributed by atoms with van der Waals surface area (Å²) in [4.78, 5) is 11.9. The summed E-state index contributed by atoms with van der Waals surface area (Å²) in [6.07, 6.45) is 2.73. The number of hydrogen-bond acceptors (Lipinski definition) is 2. The molecule has 0 bridgehead atoms. The standard InChI is InChI=1S/C13H17NO/c1-2-9-3-5-10(6-4-9)13(15)11-7-12(14)8-11/h3-6,11-12H,2,7-8,14H2,1H3. The van der Waals surface area contributed by atoms with Crippen LogP contribution in [0.25, 0.3) is 0 Å². The molecule has 15 heavy (non-hydrogen) atoms. The van der Waals surface area contributed by atoms with Crippen LogP contribution in [0.4, 0.5) is 0 Å². The summed E-state index contributed by atoms with van der Waals surface area (Å²) in [5.41, 5.74) is 7.79. The number of rotatable bonds is 3. The molecule has 1 aliphatic carbocycles. The fourth-order valence-electron chi connectivity index (χ4n) is 2.02. The minimum absolute atomic E-state index is 0.174. The lowest BCUT2D eigenvalue weighted by atomic mass is 9.76. The lowest BCUT2D eigenvalue weighted by molar-refractivity contribution is 0.0832. The van der Waals surface area contributed by atoms with Gasteiger partial charge in [0.2, 0.25) is 0 Å². The fourth-order valence-corrected chi connectivity index (χ4v) is 2.02. The average molecular weight is 203 g/mol. The van der Waals surface area contributed by atoms with Crippen molar-refractivity contribution < 1.29 is 4.79 Å². The maximum atomic E-state index is 11.9. The first-order valence-corrected chi connectivity index (χ1v) is 5.59. The van der Waals surface area contributed by atoms with Crippen molar-refractivity contribution >= 4 is 5.78 Å². The Bertz CT molecular complexity index is 349. The van der Waals surface area contributed by atoms with E-state index in [1.165, 1.54) is 5.56 Å². The van der Waals surface area contributed by atoms with Crippen molar-refractivity contribution in [1.29, 1.82) is 0 Å². The quantitative estimate of drug-likeness (QED) is 0.765. The molecule has 0 unspecified atom stereocenters. The molecule has 80 valence electrons. The van der Waals surface area contributed by atoms with E-state index in [1.807, 2.05) is 24.3 Å². The molecule has 0 atom stereocenters. The van der Waals surface area contributed by atoms with Crippen LogP contribution < -0.4 is 5.73 Å². The molecule has 1 fully saturated rings. The Kier molecular flexibility index (Phi) is 2.87. The highest BCUT2D eigenvalue weighted by molar-refractivity contribution is 5.98. The molecular weight excluding hydrogens is 186 g/mol. The number of carbonyl (C=O) groups is 1. The maximum absolute atomic E-state index is 11.9. The molecule has 1 saturated carbocycles. The first-order chi connectivity index (χ1) is 7.20. The SMILES string of the molecule is CCc1ccc(C(=O)C2CC(N)C2)cc1. The van der Waals surface area contributed by atoms with Crippen LogP contribution >= 0.6 is 0 Å². The Morgan fingerprint density at radius 3 is 2.40 bits per heavy atom. The molecule has 0 heterocycles. The molecule has 2 heteroatoms. The van der Waals surface area contributed by atoms with Crippen LogP contribution in [0, 0.1) is 5.92 Å². The van der Waals surface area contributed by atoms with E-state index >= 15 is 0 Å². The molecule has 0 aromatic heterocycles. The Morgan fingerprint density at radius 1 is 1.33 bits per heavy atom. The highest BCUT2D eigenvalue weighted by Gasteiger charge is 2.32. The van der Waals surface area contributed by atoms with E-state index in [9.17, 15) is 4.79 Å². The third-order valence-electron chi connectivity index (χ3n) is 3.19. The normalized spacial score (nSPS) is 24.7. The lowest BCUT2D eigenvalue weighted by Crippen LogP contribution is -2.40. The summed E-state index contributed by atoms with van der Waals surface area (Å²) >= 11 is 0. The van der Waals surface area contributed by atoms with Gasteiger partial charge in [0, 0.05) is 17.5 Å². The van der Waals surface area contributed by atoms with Gasteiger partial charge in [-0.2, -0.15) is 0 Å². The van der Waals surface area contributed by atoms with Gasteiger partial charge in [-0.15, -0.1) is 0 Å². The van der Waals surface area contributed by atoms with Crippen LogP contribution in [-0.2, 0) is 6.42 Å². The third-order valence-corrected chi connectivity index (χ3v) is 3.19. The highest BCUT2D eigenvalue weighted by atomic mass is 16.1. The van der Waals surface area contributed by atoms with E-state index in [-0.39, 0.29) is 17.7 Å². The van der Waals surface area contributed by atoms with E-state index in [0.717, 1.165) is 24.8 Å². The van der Waals surface area contributed by atoms with Crippen LogP contribution in [-0.4, -0.2) is 11.8 Å². The van der Waals surface area contributed by atoms with Crippen molar-refractivity contribution in [1.82, 2.24) is 0 Å². The number of carbonyl (C=O) groups excluding carboxylic acids is 1. The Hall–Kier alpha value is -1.15. The van der Waals surface area contributed by atoms with E-state index in [2.05, 4.69) is 6.92 Å². The third kappa shape index (κ3) is 2.10. The Balaban J connectivity index is 2.06. The Labute approximate surface area is 90.5 Å². The van der Waals surface area contributed by atoms with Crippen molar-refractivity contribution in [3.05, 3.63) is 35.4 Å². The second kappa shape index (κ2) is 4.15. The fraction of sp³-hybridized carbons (Fsp3) is 0.462. The van der Waals surface area contributed by atoms with Gasteiger partial charge in [0.15, 0.2) is 5.78 Å². The first kappa shape index (κ1) is 10.4. The Morgan fingerprint density at radius 2 is 1.93 bits per heavy atom. The number of hydrogen-bond donors (Lipinski definition) is 1. The van der Waals surface area contributed by atoms with Gasteiger partial charge in [-0.05, 0) is 24.8 Å². The summed E-state index contributed by atoms with van der Waals surface area (Å²) < 4.78 is 0. The smallest absolute Gasteiger partial charge is 0.166 e. The van der Waals surface area contributed by atoms with Crippen LogP contribution in [0.1, 0.15) is 35.7 Å². The van der Waals surface area contributed by atoms with Crippen LogP contribution in [0.2, 0.25) is 0 Å². The molecule has 0 aliphatic heterocycles. The zero-order valence-electron chi connectivity index (χ0n) is 9.07. The van der Waals surface area contributed by atoms with E-state index in [0.29, 0.717) is 0 Å². The largest absolute Gasteiger partial charge is 0.328 e. The molecule has 1 aromatic carbocycles. The van der Waals surface area contributed by atoms with Crippen LogP contribution in [0.15, 0.2) is 24.3 Å². The molecule has 2 N–H and O–H groups in total. The molecule has 0 amide bonds. The summed E-state index contributed by atoms with van der Waals surface area (Å²) in [5, 5.41) is 0. The predicted molar refractivity (Wildman–Crippen MR) is 60.8 cm³/mol. The summed E-state index contributed by atoms with van der Waals surface area (Å²) in [6.45, 7) is 2.11. The second-order valence-corrected chi connectivity index (χ2v) is 4.34. The molecule has 0 saturated heterocycles. The predicted octanol–water partition coefficient (Wildman–Crippen LogP) is 2.17.